The largest absolute Gasteiger partial charge is 0.385 e. The lowest BCUT2D eigenvalue weighted by molar-refractivity contribution is 0.159. The lowest BCUT2D eigenvalue weighted by Crippen LogP contribution is -2.07. The van der Waals surface area contributed by atoms with Crippen LogP contribution in [0.5, 0.6) is 0 Å². The molecule has 0 spiro atoms. The van der Waals surface area contributed by atoms with Gasteiger partial charge in [0.1, 0.15) is 6.10 Å². The second kappa shape index (κ2) is 5.18. The second-order valence-corrected chi connectivity index (χ2v) is 4.32. The summed E-state index contributed by atoms with van der Waals surface area (Å²) < 4.78 is 5.14. The summed E-state index contributed by atoms with van der Waals surface area (Å²) in [4.78, 5) is 6.20. The zero-order valence-corrected chi connectivity index (χ0v) is 10.8. The van der Waals surface area contributed by atoms with E-state index in [-0.39, 0.29) is 0 Å². The van der Waals surface area contributed by atoms with E-state index in [2.05, 4.69) is 10.1 Å². The molecule has 0 amide bonds. The molecule has 0 aliphatic heterocycles. The van der Waals surface area contributed by atoms with Crippen LogP contribution in [-0.2, 0) is 0 Å². The lowest BCUT2D eigenvalue weighted by atomic mass is 10.2. The van der Waals surface area contributed by atoms with E-state index in [0.29, 0.717) is 18.1 Å². The molecule has 1 aromatic heterocycles. The van der Waals surface area contributed by atoms with Crippen LogP contribution in [0.1, 0.15) is 25.3 Å². The van der Waals surface area contributed by atoms with Crippen LogP contribution < -0.4 is 4.90 Å². The molecule has 1 heterocycles. The van der Waals surface area contributed by atoms with Crippen molar-refractivity contribution < 1.29 is 9.63 Å². The molecule has 1 atom stereocenters. The van der Waals surface area contributed by atoms with E-state index in [4.69, 9.17) is 4.52 Å². The van der Waals surface area contributed by atoms with Crippen LogP contribution >= 0.6 is 0 Å². The van der Waals surface area contributed by atoms with E-state index < -0.39 is 6.10 Å². The Morgan fingerprint density at radius 2 is 1.94 bits per heavy atom. The summed E-state index contributed by atoms with van der Waals surface area (Å²) in [5.41, 5.74) is 1.95. The number of rotatable bonds is 4. The van der Waals surface area contributed by atoms with E-state index in [9.17, 15) is 5.11 Å². The molecule has 2 rings (SSSR count). The first kappa shape index (κ1) is 12.6. The Morgan fingerprint density at radius 1 is 1.28 bits per heavy atom. The van der Waals surface area contributed by atoms with Crippen LogP contribution in [0.25, 0.3) is 11.5 Å². The molecule has 0 bridgehead atoms. The minimum atomic E-state index is -0.663. The maximum Gasteiger partial charge on any atom is 0.258 e. The van der Waals surface area contributed by atoms with Crippen molar-refractivity contribution in [2.45, 2.75) is 19.4 Å². The summed E-state index contributed by atoms with van der Waals surface area (Å²) in [5.74, 6) is 0.770. The van der Waals surface area contributed by atoms with Crippen LogP contribution in [0, 0.1) is 0 Å². The van der Waals surface area contributed by atoms with Gasteiger partial charge in [0.05, 0.1) is 0 Å². The van der Waals surface area contributed by atoms with Crippen LogP contribution in [0.15, 0.2) is 28.8 Å². The summed E-state index contributed by atoms with van der Waals surface area (Å²) in [6.45, 7) is 1.87. The number of benzene rings is 1. The summed E-state index contributed by atoms with van der Waals surface area (Å²) in [5, 5.41) is 13.4. The zero-order chi connectivity index (χ0) is 13.1. The maximum atomic E-state index is 9.61. The van der Waals surface area contributed by atoms with Crippen molar-refractivity contribution >= 4 is 5.69 Å². The van der Waals surface area contributed by atoms with Crippen LogP contribution in [0.4, 0.5) is 5.69 Å². The second-order valence-electron chi connectivity index (χ2n) is 4.32. The first-order valence-electron chi connectivity index (χ1n) is 5.91. The standard InChI is InChI=1S/C13H17N3O2/c1-4-11(17)12-14-13(18-15-12)9-5-7-10(8-6-9)16(2)3/h5-8,11,17H,4H2,1-3H3. The third-order valence-electron chi connectivity index (χ3n) is 2.76. The van der Waals surface area contributed by atoms with Crippen molar-refractivity contribution in [3.63, 3.8) is 0 Å². The van der Waals surface area contributed by atoms with E-state index in [1.54, 1.807) is 0 Å². The topological polar surface area (TPSA) is 62.4 Å². The predicted octanol–water partition coefficient (Wildman–Crippen LogP) is 2.25. The highest BCUT2D eigenvalue weighted by Crippen LogP contribution is 2.22. The fourth-order valence-corrected chi connectivity index (χ4v) is 1.57. The molecule has 0 radical (unpaired) electrons. The fourth-order valence-electron chi connectivity index (χ4n) is 1.57. The number of nitrogens with zero attached hydrogens (tertiary/aromatic N) is 3. The Morgan fingerprint density at radius 3 is 2.50 bits per heavy atom. The van der Waals surface area contributed by atoms with Crippen molar-refractivity contribution in [1.29, 1.82) is 0 Å². The van der Waals surface area contributed by atoms with E-state index in [1.165, 1.54) is 0 Å². The van der Waals surface area contributed by atoms with Crippen molar-refractivity contribution in [1.82, 2.24) is 10.1 Å². The van der Waals surface area contributed by atoms with E-state index in [1.807, 2.05) is 50.2 Å². The molecule has 0 aliphatic carbocycles. The third kappa shape index (κ3) is 2.51. The molecule has 1 unspecified atom stereocenters. The van der Waals surface area contributed by atoms with E-state index >= 15 is 0 Å². The van der Waals surface area contributed by atoms with Crippen LogP contribution in [0.3, 0.4) is 0 Å². The quantitative estimate of drug-likeness (QED) is 0.897. The van der Waals surface area contributed by atoms with E-state index in [0.717, 1.165) is 11.3 Å². The minimum Gasteiger partial charge on any atom is -0.385 e. The van der Waals surface area contributed by atoms with Gasteiger partial charge in [-0.3, -0.25) is 0 Å². The molecule has 0 saturated heterocycles. The Bertz CT molecular complexity index is 505. The number of anilines is 1. The van der Waals surface area contributed by atoms with Crippen molar-refractivity contribution in [2.24, 2.45) is 0 Å². The van der Waals surface area contributed by atoms with Gasteiger partial charge >= 0.3 is 0 Å². The van der Waals surface area contributed by atoms with Gasteiger partial charge in [0.25, 0.3) is 5.89 Å². The zero-order valence-electron chi connectivity index (χ0n) is 10.8. The number of aliphatic hydroxyl groups excluding tert-OH is 1. The molecule has 0 saturated carbocycles. The van der Waals surface area contributed by atoms with Crippen LogP contribution in [0.2, 0.25) is 0 Å². The van der Waals surface area contributed by atoms with Gasteiger partial charge in [-0.15, -0.1) is 0 Å². The van der Waals surface area contributed by atoms with Crippen molar-refractivity contribution in [3.05, 3.63) is 30.1 Å². The molecular weight excluding hydrogens is 230 g/mol. The number of hydrogen-bond donors (Lipinski definition) is 1. The molecule has 2 aromatic rings. The van der Waals surface area contributed by atoms with Gasteiger partial charge in [0.2, 0.25) is 5.82 Å². The molecule has 5 nitrogen and oxygen atoms in total. The normalized spacial score (nSPS) is 12.4. The summed E-state index contributed by atoms with van der Waals surface area (Å²) in [6, 6.07) is 7.81. The lowest BCUT2D eigenvalue weighted by Gasteiger charge is -2.11. The van der Waals surface area contributed by atoms with Gasteiger partial charge in [0.15, 0.2) is 0 Å². The number of aromatic nitrogens is 2. The van der Waals surface area contributed by atoms with Crippen molar-refractivity contribution in [3.8, 4) is 11.5 Å². The highest BCUT2D eigenvalue weighted by atomic mass is 16.5. The molecule has 1 aromatic carbocycles. The average Bonchev–Trinajstić information content (AvgIpc) is 2.87. The van der Waals surface area contributed by atoms with Gasteiger partial charge in [-0.05, 0) is 30.7 Å². The maximum absolute atomic E-state index is 9.61. The Labute approximate surface area is 106 Å². The molecular formula is C13H17N3O2. The van der Waals surface area contributed by atoms with Crippen LogP contribution in [-0.4, -0.2) is 29.3 Å². The van der Waals surface area contributed by atoms with Gasteiger partial charge < -0.3 is 14.5 Å². The highest BCUT2D eigenvalue weighted by molar-refractivity contribution is 5.58. The molecule has 0 aliphatic rings. The SMILES string of the molecule is CCC(O)c1noc(-c2ccc(N(C)C)cc2)n1. The molecule has 18 heavy (non-hydrogen) atoms. The first-order valence-corrected chi connectivity index (χ1v) is 5.91. The number of hydrogen-bond acceptors (Lipinski definition) is 5. The summed E-state index contributed by atoms with van der Waals surface area (Å²) in [7, 11) is 3.97. The number of aliphatic hydroxyl groups is 1. The third-order valence-corrected chi connectivity index (χ3v) is 2.76. The molecule has 96 valence electrons. The van der Waals surface area contributed by atoms with Gasteiger partial charge in [-0.2, -0.15) is 4.98 Å². The van der Waals surface area contributed by atoms with Gasteiger partial charge in [-0.1, -0.05) is 12.1 Å². The minimum absolute atomic E-state index is 0.337. The van der Waals surface area contributed by atoms with Gasteiger partial charge in [-0.25, -0.2) is 0 Å². The average molecular weight is 247 g/mol. The molecule has 0 fully saturated rings. The monoisotopic (exact) mass is 247 g/mol. The Kier molecular flexibility index (Phi) is 3.62. The van der Waals surface area contributed by atoms with Crippen molar-refractivity contribution in [2.75, 3.05) is 19.0 Å². The first-order chi connectivity index (χ1) is 8.61. The molecule has 5 heteroatoms. The predicted molar refractivity (Wildman–Crippen MR) is 69.3 cm³/mol. The summed E-state index contributed by atoms with van der Waals surface area (Å²) >= 11 is 0. The van der Waals surface area contributed by atoms with Gasteiger partial charge in [0, 0.05) is 25.3 Å². The Hall–Kier alpha value is -1.88. The highest BCUT2D eigenvalue weighted by Gasteiger charge is 2.14. The molecule has 1 N–H and O–H groups in total. The smallest absolute Gasteiger partial charge is 0.258 e. The Balaban J connectivity index is 2.23. The fraction of sp³-hybridized carbons (Fsp3) is 0.385. The summed E-state index contributed by atoms with van der Waals surface area (Å²) in [6.07, 6.45) is -0.0954.